The lowest BCUT2D eigenvalue weighted by atomic mass is 9.81. The molecule has 21 heavy (non-hydrogen) atoms. The van der Waals surface area contributed by atoms with E-state index in [0.717, 1.165) is 25.8 Å². The van der Waals surface area contributed by atoms with Gasteiger partial charge in [0.25, 0.3) is 0 Å². The highest BCUT2D eigenvalue weighted by atomic mass is 32.2. The topological polar surface area (TPSA) is 49.3 Å². The fourth-order valence-electron chi connectivity index (χ4n) is 1.99. The molecular weight excluding hydrogens is 282 g/mol. The molecule has 0 fully saturated rings. The highest BCUT2D eigenvalue weighted by Gasteiger charge is 2.20. The summed E-state index contributed by atoms with van der Waals surface area (Å²) in [6.07, 6.45) is 2.78. The van der Waals surface area contributed by atoms with Crippen LogP contribution in [0.3, 0.4) is 0 Å². The normalized spacial score (nSPS) is 12.3. The largest absolute Gasteiger partial charge is 0.385 e. The summed E-state index contributed by atoms with van der Waals surface area (Å²) in [7, 11) is 0. The number of anilines is 1. The molecule has 3 nitrogen and oxygen atoms in total. The van der Waals surface area contributed by atoms with Gasteiger partial charge < -0.3 is 9.87 Å². The van der Waals surface area contributed by atoms with Crippen LogP contribution in [0.5, 0.6) is 0 Å². The maximum absolute atomic E-state index is 10.5. The molecule has 1 atom stereocenters. The van der Waals surface area contributed by atoms with E-state index in [1.165, 1.54) is 11.3 Å². The molecule has 2 N–H and O–H groups in total. The molecule has 0 bridgehead atoms. The molecule has 1 rings (SSSR count). The summed E-state index contributed by atoms with van der Waals surface area (Å²) >= 11 is -1.66. The Morgan fingerprint density at radius 3 is 2.38 bits per heavy atom. The zero-order valence-electron chi connectivity index (χ0n) is 14.1. The first kappa shape index (κ1) is 20.1. The van der Waals surface area contributed by atoms with Gasteiger partial charge in [0.2, 0.25) is 0 Å². The molecule has 0 aliphatic heterocycles. The number of nitrogens with one attached hydrogen (secondary N) is 1. The van der Waals surface area contributed by atoms with Crippen LogP contribution in [0.1, 0.15) is 59.4 Å². The first-order valence-electron chi connectivity index (χ1n) is 7.88. The molecule has 0 saturated heterocycles. The van der Waals surface area contributed by atoms with E-state index in [0.29, 0.717) is 5.75 Å². The van der Waals surface area contributed by atoms with Crippen molar-refractivity contribution in [2.75, 3.05) is 17.6 Å². The second-order valence-corrected chi connectivity index (χ2v) is 6.49. The van der Waals surface area contributed by atoms with Crippen molar-refractivity contribution >= 4 is 16.8 Å². The lowest BCUT2D eigenvalue weighted by Crippen LogP contribution is -2.18. The molecule has 0 spiro atoms. The second-order valence-electron chi connectivity index (χ2n) is 5.44. The van der Waals surface area contributed by atoms with Gasteiger partial charge in [-0.3, -0.25) is 0 Å². The minimum Gasteiger partial charge on any atom is -0.385 e. The fourth-order valence-corrected chi connectivity index (χ4v) is 2.44. The lowest BCUT2D eigenvalue weighted by molar-refractivity contribution is 0.507. The van der Waals surface area contributed by atoms with E-state index in [1.807, 2.05) is 19.9 Å². The third kappa shape index (κ3) is 7.63. The third-order valence-electron chi connectivity index (χ3n) is 3.60. The van der Waals surface area contributed by atoms with Crippen LogP contribution in [-0.4, -0.2) is 21.1 Å². The second kappa shape index (κ2) is 10.8. The van der Waals surface area contributed by atoms with Gasteiger partial charge in [-0.15, -0.1) is 0 Å². The van der Waals surface area contributed by atoms with Gasteiger partial charge in [-0.25, -0.2) is 4.21 Å². The van der Waals surface area contributed by atoms with Crippen LogP contribution in [0.4, 0.5) is 5.69 Å². The Balaban J connectivity index is 0.00000191. The van der Waals surface area contributed by atoms with Gasteiger partial charge in [0.1, 0.15) is 0 Å². The molecule has 0 amide bonds. The molecule has 4 heteroatoms. The molecule has 1 aromatic carbocycles. The van der Waals surface area contributed by atoms with Crippen molar-refractivity contribution in [1.82, 2.24) is 0 Å². The average molecular weight is 314 g/mol. The van der Waals surface area contributed by atoms with Gasteiger partial charge in [0.05, 0.1) is 0 Å². The Bertz CT molecular complexity index is 419. The van der Waals surface area contributed by atoms with E-state index in [4.69, 9.17) is 4.55 Å². The molecule has 122 valence electrons. The Morgan fingerprint density at radius 2 is 1.81 bits per heavy atom. The van der Waals surface area contributed by atoms with Crippen LogP contribution in [0.2, 0.25) is 0 Å². The van der Waals surface area contributed by atoms with Crippen LogP contribution < -0.4 is 5.32 Å². The minimum atomic E-state index is -1.66. The summed E-state index contributed by atoms with van der Waals surface area (Å²) in [5.41, 5.74) is 2.68. The summed E-state index contributed by atoms with van der Waals surface area (Å²) in [6.45, 7) is 11.5. The van der Waals surface area contributed by atoms with Crippen LogP contribution in [0.25, 0.3) is 0 Å². The first-order chi connectivity index (χ1) is 9.97. The van der Waals surface area contributed by atoms with Crippen molar-refractivity contribution in [3.05, 3.63) is 29.8 Å². The third-order valence-corrected chi connectivity index (χ3v) is 4.24. The van der Waals surface area contributed by atoms with E-state index < -0.39 is 11.1 Å². The van der Waals surface area contributed by atoms with E-state index in [1.54, 1.807) is 0 Å². The van der Waals surface area contributed by atoms with Crippen LogP contribution in [0, 0.1) is 0 Å². The van der Waals surface area contributed by atoms with Gasteiger partial charge in [-0.05, 0) is 36.3 Å². The molecule has 0 aromatic heterocycles. The maximum atomic E-state index is 10.5. The Kier molecular flexibility index (Phi) is 10.4. The van der Waals surface area contributed by atoms with Crippen molar-refractivity contribution < 1.29 is 8.76 Å². The number of para-hydroxylation sites is 1. The Hall–Kier alpha value is -0.870. The van der Waals surface area contributed by atoms with Crippen molar-refractivity contribution in [3.63, 3.8) is 0 Å². The highest BCUT2D eigenvalue weighted by Crippen LogP contribution is 2.32. The summed E-state index contributed by atoms with van der Waals surface area (Å²) in [5.74, 6) is 0.365. The quantitative estimate of drug-likeness (QED) is 0.534. The van der Waals surface area contributed by atoms with Crippen LogP contribution in [-0.2, 0) is 16.5 Å². The van der Waals surface area contributed by atoms with Crippen LogP contribution in [0.15, 0.2) is 24.3 Å². The summed E-state index contributed by atoms with van der Waals surface area (Å²) in [6, 6.07) is 8.40. The van der Waals surface area contributed by atoms with Gasteiger partial charge in [0, 0.05) is 18.0 Å². The molecular formula is C17H31NO2S. The standard InChI is InChI=1S/C15H25NO2S.C2H6/c1-4-15(2,3)13-9-5-6-10-14(13)16-11-7-8-12-19(17)18;1-2/h5-6,9-10,16H,4,7-8,11-12H2,1-3H3,(H,17,18);1-2H3. The SMILES string of the molecule is CC.CCC(C)(C)c1ccccc1NCCCCS(=O)O. The van der Waals surface area contributed by atoms with Gasteiger partial charge in [0.15, 0.2) is 11.1 Å². The van der Waals surface area contributed by atoms with Gasteiger partial charge in [-0.1, -0.05) is 52.8 Å². The Morgan fingerprint density at radius 1 is 1.19 bits per heavy atom. The molecule has 0 radical (unpaired) electrons. The average Bonchev–Trinajstić information content (AvgIpc) is 2.49. The molecule has 0 aliphatic carbocycles. The molecule has 0 saturated carbocycles. The van der Waals surface area contributed by atoms with Crippen molar-refractivity contribution in [2.45, 2.75) is 59.3 Å². The maximum Gasteiger partial charge on any atom is 0.152 e. The van der Waals surface area contributed by atoms with Gasteiger partial charge >= 0.3 is 0 Å². The lowest BCUT2D eigenvalue weighted by Gasteiger charge is -2.26. The molecule has 1 unspecified atom stereocenters. The molecule has 1 aromatic rings. The number of unbranched alkanes of at least 4 members (excludes halogenated alkanes) is 1. The van der Waals surface area contributed by atoms with E-state index >= 15 is 0 Å². The summed E-state index contributed by atoms with van der Waals surface area (Å²) < 4.78 is 19.3. The van der Waals surface area contributed by atoms with E-state index in [9.17, 15) is 4.21 Å². The Labute approximate surface area is 132 Å². The van der Waals surface area contributed by atoms with Crippen LogP contribution >= 0.6 is 0 Å². The van der Waals surface area contributed by atoms with E-state index in [2.05, 4.69) is 44.3 Å². The highest BCUT2D eigenvalue weighted by molar-refractivity contribution is 7.79. The van der Waals surface area contributed by atoms with Crippen molar-refractivity contribution in [1.29, 1.82) is 0 Å². The smallest absolute Gasteiger partial charge is 0.152 e. The zero-order chi connectivity index (χ0) is 16.3. The number of benzene rings is 1. The molecule has 0 aliphatic rings. The predicted molar refractivity (Wildman–Crippen MR) is 94.5 cm³/mol. The number of rotatable bonds is 8. The number of hydrogen-bond acceptors (Lipinski definition) is 2. The monoisotopic (exact) mass is 313 g/mol. The predicted octanol–water partition coefficient (Wildman–Crippen LogP) is 4.81. The fraction of sp³-hybridized carbons (Fsp3) is 0.647. The summed E-state index contributed by atoms with van der Waals surface area (Å²) in [5, 5.41) is 3.45. The zero-order valence-corrected chi connectivity index (χ0v) is 14.9. The minimum absolute atomic E-state index is 0.163. The summed E-state index contributed by atoms with van der Waals surface area (Å²) in [4.78, 5) is 0. The van der Waals surface area contributed by atoms with E-state index in [-0.39, 0.29) is 5.41 Å². The van der Waals surface area contributed by atoms with Crippen molar-refractivity contribution in [2.24, 2.45) is 0 Å². The molecule has 0 heterocycles. The van der Waals surface area contributed by atoms with Crippen molar-refractivity contribution in [3.8, 4) is 0 Å². The first-order valence-corrected chi connectivity index (χ1v) is 9.16. The number of hydrogen-bond donors (Lipinski definition) is 2. The van der Waals surface area contributed by atoms with Gasteiger partial charge in [-0.2, -0.15) is 0 Å².